The van der Waals surface area contributed by atoms with E-state index in [1.54, 1.807) is 0 Å². The first-order valence-corrected chi connectivity index (χ1v) is 5.52. The highest BCUT2D eigenvalue weighted by Gasteiger charge is 2.30. The Labute approximate surface area is 78.2 Å². The van der Waals surface area contributed by atoms with Crippen LogP contribution in [0, 0.1) is 11.3 Å². The Morgan fingerprint density at radius 2 is 1.91 bits per heavy atom. The zero-order valence-corrected chi connectivity index (χ0v) is 9.02. The van der Waals surface area contributed by atoms with Crippen molar-refractivity contribution in [2.75, 3.05) is 5.33 Å². The van der Waals surface area contributed by atoms with E-state index < -0.39 is 0 Å². The van der Waals surface area contributed by atoms with E-state index in [4.69, 9.17) is 0 Å². The lowest BCUT2D eigenvalue weighted by Gasteiger charge is -2.28. The highest BCUT2D eigenvalue weighted by molar-refractivity contribution is 9.09. The molecule has 1 rings (SSSR count). The summed E-state index contributed by atoms with van der Waals surface area (Å²) >= 11 is 3.62. The van der Waals surface area contributed by atoms with E-state index in [1.165, 1.54) is 19.3 Å². The molecular formula is C10H17Br. The number of alkyl halides is 1. The third kappa shape index (κ3) is 2.33. The molecule has 0 amide bonds. The molecule has 0 aliphatic heterocycles. The second kappa shape index (κ2) is 3.75. The van der Waals surface area contributed by atoms with Gasteiger partial charge in [-0.25, -0.2) is 0 Å². The van der Waals surface area contributed by atoms with E-state index in [0.717, 1.165) is 11.2 Å². The quantitative estimate of drug-likeness (QED) is 0.498. The topological polar surface area (TPSA) is 0 Å². The van der Waals surface area contributed by atoms with Gasteiger partial charge in [0.15, 0.2) is 0 Å². The van der Waals surface area contributed by atoms with Crippen molar-refractivity contribution in [3.8, 4) is 0 Å². The molecule has 1 heteroatoms. The molecule has 0 bridgehead atoms. The molecule has 1 aliphatic carbocycles. The molecule has 0 aromatic carbocycles. The van der Waals surface area contributed by atoms with Crippen LogP contribution in [-0.4, -0.2) is 5.33 Å². The third-order valence-electron chi connectivity index (χ3n) is 2.39. The summed E-state index contributed by atoms with van der Waals surface area (Å²) < 4.78 is 0. The molecule has 0 nitrogen and oxygen atoms in total. The van der Waals surface area contributed by atoms with E-state index in [1.807, 2.05) is 0 Å². The van der Waals surface area contributed by atoms with Crippen molar-refractivity contribution < 1.29 is 0 Å². The van der Waals surface area contributed by atoms with Gasteiger partial charge in [-0.05, 0) is 30.6 Å². The van der Waals surface area contributed by atoms with Crippen LogP contribution in [0.3, 0.4) is 0 Å². The normalized spacial score (nSPS) is 21.5. The van der Waals surface area contributed by atoms with Crippen LogP contribution >= 0.6 is 15.9 Å². The van der Waals surface area contributed by atoms with Crippen LogP contribution in [0.4, 0.5) is 0 Å². The van der Waals surface area contributed by atoms with Crippen molar-refractivity contribution in [2.45, 2.75) is 33.1 Å². The summed E-state index contributed by atoms with van der Waals surface area (Å²) in [6.07, 6.45) is 8.55. The summed E-state index contributed by atoms with van der Waals surface area (Å²) in [5.74, 6) is 0.826. The highest BCUT2D eigenvalue weighted by Crippen LogP contribution is 2.40. The molecule has 0 unspecified atom stereocenters. The van der Waals surface area contributed by atoms with E-state index >= 15 is 0 Å². The van der Waals surface area contributed by atoms with Crippen LogP contribution in [0.15, 0.2) is 12.2 Å². The summed E-state index contributed by atoms with van der Waals surface area (Å²) in [5, 5.41) is 1.16. The number of allylic oxidation sites excluding steroid dienone is 2. The molecule has 0 heterocycles. The lowest BCUT2D eigenvalue weighted by Crippen LogP contribution is -2.20. The third-order valence-corrected chi connectivity index (χ3v) is 3.58. The van der Waals surface area contributed by atoms with Gasteiger partial charge in [0.1, 0.15) is 0 Å². The Hall–Kier alpha value is 0.220. The highest BCUT2D eigenvalue weighted by atomic mass is 79.9. The predicted octanol–water partition coefficient (Wildman–Crippen LogP) is 3.76. The van der Waals surface area contributed by atoms with Gasteiger partial charge in [0.2, 0.25) is 0 Å². The van der Waals surface area contributed by atoms with Crippen LogP contribution in [-0.2, 0) is 0 Å². The van der Waals surface area contributed by atoms with Gasteiger partial charge in [0.25, 0.3) is 0 Å². The lowest BCUT2D eigenvalue weighted by atomic mass is 9.80. The second-order valence-electron chi connectivity index (χ2n) is 4.11. The zero-order valence-electron chi connectivity index (χ0n) is 7.44. The van der Waals surface area contributed by atoms with Crippen LogP contribution in [0.5, 0.6) is 0 Å². The van der Waals surface area contributed by atoms with E-state index in [9.17, 15) is 0 Å². The average molecular weight is 217 g/mol. The maximum absolute atomic E-state index is 3.62. The fourth-order valence-corrected chi connectivity index (χ4v) is 2.63. The minimum absolute atomic E-state index is 0.564. The monoisotopic (exact) mass is 216 g/mol. The number of hydrogen-bond acceptors (Lipinski definition) is 0. The number of halogens is 1. The minimum atomic E-state index is 0.564. The first-order chi connectivity index (χ1) is 5.18. The van der Waals surface area contributed by atoms with Crippen molar-refractivity contribution in [3.63, 3.8) is 0 Å². The van der Waals surface area contributed by atoms with Gasteiger partial charge >= 0.3 is 0 Å². The molecular weight excluding hydrogens is 200 g/mol. The fourth-order valence-electron chi connectivity index (χ4n) is 1.95. The summed E-state index contributed by atoms with van der Waals surface area (Å²) in [7, 11) is 0. The van der Waals surface area contributed by atoms with E-state index in [2.05, 4.69) is 41.9 Å². The zero-order chi connectivity index (χ0) is 8.32. The van der Waals surface area contributed by atoms with Gasteiger partial charge in [0, 0.05) is 5.33 Å². The molecule has 1 aliphatic rings. The van der Waals surface area contributed by atoms with Crippen molar-refractivity contribution >= 4 is 15.9 Å². The molecule has 0 N–H and O–H groups in total. The first-order valence-electron chi connectivity index (χ1n) is 4.39. The van der Waals surface area contributed by atoms with Crippen molar-refractivity contribution in [3.05, 3.63) is 12.2 Å². The van der Waals surface area contributed by atoms with Crippen molar-refractivity contribution in [1.29, 1.82) is 0 Å². The van der Waals surface area contributed by atoms with Crippen LogP contribution in [0.2, 0.25) is 0 Å². The average Bonchev–Trinajstić information content (AvgIpc) is 2.36. The molecule has 0 aromatic heterocycles. The SMILES string of the molecule is CC(C)CC1(CBr)CC=CC1. The van der Waals surface area contributed by atoms with Crippen LogP contribution in [0.25, 0.3) is 0 Å². The summed E-state index contributed by atoms with van der Waals surface area (Å²) in [5.41, 5.74) is 0.564. The molecule has 0 aromatic rings. The van der Waals surface area contributed by atoms with Gasteiger partial charge in [-0.3, -0.25) is 0 Å². The standard InChI is InChI=1S/C10H17Br/c1-9(2)7-10(8-11)5-3-4-6-10/h3-4,9H,5-8H2,1-2H3. The Balaban J connectivity index is 2.48. The van der Waals surface area contributed by atoms with Crippen molar-refractivity contribution in [1.82, 2.24) is 0 Å². The fraction of sp³-hybridized carbons (Fsp3) is 0.800. The summed E-state index contributed by atoms with van der Waals surface area (Å²) in [6, 6.07) is 0. The van der Waals surface area contributed by atoms with Crippen LogP contribution in [0.1, 0.15) is 33.1 Å². The lowest BCUT2D eigenvalue weighted by molar-refractivity contribution is 0.286. The number of rotatable bonds is 3. The van der Waals surface area contributed by atoms with E-state index in [-0.39, 0.29) is 0 Å². The Bertz CT molecular complexity index is 139. The molecule has 0 saturated carbocycles. The summed E-state index contributed by atoms with van der Waals surface area (Å²) in [4.78, 5) is 0. The van der Waals surface area contributed by atoms with Gasteiger partial charge in [-0.15, -0.1) is 0 Å². The molecule has 0 saturated heterocycles. The second-order valence-corrected chi connectivity index (χ2v) is 4.67. The molecule has 64 valence electrons. The van der Waals surface area contributed by atoms with Crippen LogP contribution < -0.4 is 0 Å². The maximum Gasteiger partial charge on any atom is 0.00940 e. The van der Waals surface area contributed by atoms with Gasteiger partial charge in [-0.1, -0.05) is 41.9 Å². The molecule has 0 fully saturated rings. The summed E-state index contributed by atoms with van der Waals surface area (Å²) in [6.45, 7) is 4.62. The first kappa shape index (κ1) is 9.31. The Morgan fingerprint density at radius 3 is 2.27 bits per heavy atom. The molecule has 0 atom stereocenters. The van der Waals surface area contributed by atoms with Gasteiger partial charge < -0.3 is 0 Å². The molecule has 11 heavy (non-hydrogen) atoms. The van der Waals surface area contributed by atoms with E-state index in [0.29, 0.717) is 5.41 Å². The Kier molecular flexibility index (Phi) is 3.17. The Morgan fingerprint density at radius 1 is 1.36 bits per heavy atom. The largest absolute Gasteiger partial charge is 0.0922 e. The minimum Gasteiger partial charge on any atom is -0.0922 e. The van der Waals surface area contributed by atoms with Gasteiger partial charge in [0.05, 0.1) is 0 Å². The molecule has 0 radical (unpaired) electrons. The maximum atomic E-state index is 3.62. The smallest absolute Gasteiger partial charge is 0.00940 e. The molecule has 0 spiro atoms. The van der Waals surface area contributed by atoms with Crippen molar-refractivity contribution in [2.24, 2.45) is 11.3 Å². The predicted molar refractivity (Wildman–Crippen MR) is 54.1 cm³/mol. The number of hydrogen-bond donors (Lipinski definition) is 0. The van der Waals surface area contributed by atoms with Gasteiger partial charge in [-0.2, -0.15) is 0 Å².